The molecule has 0 aliphatic rings. The fourth-order valence-electron chi connectivity index (χ4n) is 3.74. The number of aromatic nitrogens is 2. The topological polar surface area (TPSA) is 85.5 Å². The summed E-state index contributed by atoms with van der Waals surface area (Å²) in [5, 5.41) is 9.57. The third kappa shape index (κ3) is 7.35. The van der Waals surface area contributed by atoms with Crippen molar-refractivity contribution >= 4 is 14.3 Å². The second-order valence-corrected chi connectivity index (χ2v) is 15.3. The van der Waals surface area contributed by atoms with Gasteiger partial charge in [0.1, 0.15) is 11.8 Å². The highest BCUT2D eigenvalue weighted by atomic mass is 28.4. The number of hydrogen-bond acceptors (Lipinski definition) is 5. The Morgan fingerprint density at radius 3 is 2.43 bits per heavy atom. The van der Waals surface area contributed by atoms with Crippen LogP contribution in [0.5, 0.6) is 0 Å². The fraction of sp³-hybridized carbons (Fsp3) is 0.464. The molecule has 2 heterocycles. The molecule has 6 nitrogen and oxygen atoms in total. The Balaban J connectivity index is 1.69. The molecule has 2 aromatic heterocycles. The highest BCUT2D eigenvalue weighted by Gasteiger charge is 2.40. The number of nitrogens with zero attached hydrogens (tertiary/aromatic N) is 2. The van der Waals surface area contributed by atoms with Crippen LogP contribution in [-0.2, 0) is 10.8 Å². The number of carboxylic acid groups (broad SMARTS) is 1. The maximum absolute atomic E-state index is 11.6. The first-order chi connectivity index (χ1) is 16.6. The smallest absolute Gasteiger partial charge is 0.338 e. The first-order valence-corrected chi connectivity index (χ1v) is 15.4. The molecule has 1 atom stereocenters. The van der Waals surface area contributed by atoms with E-state index in [1.807, 2.05) is 0 Å². The van der Waals surface area contributed by atoms with Crippen LogP contribution in [0, 0.1) is 0 Å². The molecule has 1 unspecified atom stereocenters. The number of aryl methyl sites for hydroxylation is 1. The lowest BCUT2D eigenvalue weighted by molar-refractivity contribution is 0.0697. The summed E-state index contributed by atoms with van der Waals surface area (Å²) in [5.74, 6) is -0.198. The number of benzene rings is 1. The van der Waals surface area contributed by atoms with Crippen molar-refractivity contribution in [3.05, 3.63) is 71.9 Å². The maximum Gasteiger partial charge on any atom is 0.338 e. The molecular weight excluding hydrogens is 456 g/mol. The number of hydrogen-bond donors (Lipinski definition) is 1. The van der Waals surface area contributed by atoms with E-state index in [4.69, 9.17) is 8.84 Å². The molecule has 3 aromatic rings. The van der Waals surface area contributed by atoms with E-state index in [9.17, 15) is 9.90 Å². The maximum atomic E-state index is 11.6. The zero-order chi connectivity index (χ0) is 25.5. The number of carboxylic acids is 1. The fourth-order valence-corrected chi connectivity index (χ4v) is 5.03. The number of carbonyl (C=O) groups is 1. The Kier molecular flexibility index (Phi) is 9.02. The average molecular weight is 495 g/mol. The van der Waals surface area contributed by atoms with E-state index in [0.29, 0.717) is 11.7 Å². The van der Waals surface area contributed by atoms with E-state index in [1.165, 1.54) is 18.1 Å². The molecule has 0 bridgehead atoms. The third-order valence-electron chi connectivity index (χ3n) is 6.84. The van der Waals surface area contributed by atoms with Gasteiger partial charge in [-0.25, -0.2) is 9.78 Å². The van der Waals surface area contributed by atoms with Gasteiger partial charge in [0.05, 0.1) is 11.8 Å². The Hall–Kier alpha value is -2.77. The zero-order valence-corrected chi connectivity index (χ0v) is 22.6. The largest absolute Gasteiger partial charge is 0.478 e. The number of aromatic carboxylic acids is 1. The summed E-state index contributed by atoms with van der Waals surface area (Å²) in [6.07, 6.45) is 9.21. The molecule has 0 spiro atoms. The first kappa shape index (κ1) is 26.8. The predicted molar refractivity (Wildman–Crippen MR) is 141 cm³/mol. The number of pyridine rings is 1. The van der Waals surface area contributed by atoms with Gasteiger partial charge in [-0.05, 0) is 55.1 Å². The van der Waals surface area contributed by atoms with Gasteiger partial charge in [0.2, 0.25) is 5.89 Å². The molecule has 0 fully saturated rings. The molecule has 3 rings (SSSR count). The van der Waals surface area contributed by atoms with E-state index in [1.54, 1.807) is 18.5 Å². The quantitative estimate of drug-likeness (QED) is 0.205. The summed E-state index contributed by atoms with van der Waals surface area (Å²) in [5.41, 5.74) is 1.76. The normalized spacial score (nSPS) is 13.1. The van der Waals surface area contributed by atoms with Gasteiger partial charge in [-0.1, -0.05) is 70.4 Å². The van der Waals surface area contributed by atoms with Crippen LogP contribution in [-0.4, -0.2) is 29.4 Å². The first-order valence-electron chi connectivity index (χ1n) is 12.4. The lowest BCUT2D eigenvalue weighted by atomic mass is 10.0. The van der Waals surface area contributed by atoms with Crippen molar-refractivity contribution < 1.29 is 18.7 Å². The summed E-state index contributed by atoms with van der Waals surface area (Å²) >= 11 is 0. The van der Waals surface area contributed by atoms with Crippen LogP contribution < -0.4 is 0 Å². The zero-order valence-electron chi connectivity index (χ0n) is 21.6. The van der Waals surface area contributed by atoms with Crippen molar-refractivity contribution in [3.63, 3.8) is 0 Å². The van der Waals surface area contributed by atoms with Crippen LogP contribution in [0.15, 0.2) is 59.3 Å². The number of oxazole rings is 1. The van der Waals surface area contributed by atoms with E-state index in [0.717, 1.165) is 32.1 Å². The highest BCUT2D eigenvalue weighted by molar-refractivity contribution is 6.74. The number of rotatable bonds is 12. The standard InChI is InChI=1S/C28H38N2O4Si/c1-28(2,3)35(4,5)34-23(18-12-7-6-9-14-21-15-10-8-11-16-21)26-30-20-24(33-26)25-22(27(31)32)17-13-19-29-25/h8,10-11,13,15-17,19-20,23H,6-7,9,12,14,18H2,1-5H3,(H,31,32). The molecule has 0 radical (unpaired) electrons. The highest BCUT2D eigenvalue weighted by Crippen LogP contribution is 2.41. The average Bonchev–Trinajstić information content (AvgIpc) is 3.30. The van der Waals surface area contributed by atoms with Crippen molar-refractivity contribution in [2.45, 2.75) is 83.5 Å². The Morgan fingerprint density at radius 1 is 1.03 bits per heavy atom. The Bertz CT molecular complexity index is 1090. The molecule has 0 aliphatic heterocycles. The Morgan fingerprint density at radius 2 is 1.74 bits per heavy atom. The van der Waals surface area contributed by atoms with Crippen molar-refractivity contribution in [2.24, 2.45) is 0 Å². The second kappa shape index (κ2) is 11.8. The molecule has 7 heteroatoms. The van der Waals surface area contributed by atoms with Crippen LogP contribution in [0.2, 0.25) is 18.1 Å². The molecule has 1 aromatic carbocycles. The van der Waals surface area contributed by atoms with Gasteiger partial charge in [0.15, 0.2) is 14.1 Å². The van der Waals surface area contributed by atoms with Gasteiger partial charge in [-0.3, -0.25) is 4.98 Å². The third-order valence-corrected chi connectivity index (χ3v) is 11.3. The molecule has 1 N–H and O–H groups in total. The van der Waals surface area contributed by atoms with Crippen LogP contribution >= 0.6 is 0 Å². The summed E-state index contributed by atoms with van der Waals surface area (Å²) < 4.78 is 12.8. The summed E-state index contributed by atoms with van der Waals surface area (Å²) in [4.78, 5) is 20.4. The van der Waals surface area contributed by atoms with Gasteiger partial charge < -0.3 is 13.9 Å². The molecule has 188 valence electrons. The Labute approximate surface area is 209 Å². The van der Waals surface area contributed by atoms with E-state index < -0.39 is 14.3 Å². The van der Waals surface area contributed by atoms with Gasteiger partial charge in [-0.15, -0.1) is 0 Å². The monoisotopic (exact) mass is 494 g/mol. The molecule has 0 saturated heterocycles. The minimum Gasteiger partial charge on any atom is -0.478 e. The van der Waals surface area contributed by atoms with Gasteiger partial charge in [0.25, 0.3) is 0 Å². The van der Waals surface area contributed by atoms with E-state index in [2.05, 4.69) is 74.2 Å². The SMILES string of the molecule is CC(C)(C)[Si](C)(C)OC(CCCCCCc1ccccc1)c1ncc(-c2ncccc2C(=O)O)o1. The summed E-state index contributed by atoms with van der Waals surface area (Å²) in [6, 6.07) is 13.7. The van der Waals surface area contributed by atoms with Gasteiger partial charge in [0, 0.05) is 6.20 Å². The second-order valence-electron chi connectivity index (χ2n) is 10.6. The van der Waals surface area contributed by atoms with Gasteiger partial charge in [-0.2, -0.15) is 0 Å². The minimum absolute atomic E-state index is 0.0494. The van der Waals surface area contributed by atoms with Gasteiger partial charge >= 0.3 is 5.97 Å². The van der Waals surface area contributed by atoms with Crippen LogP contribution in [0.25, 0.3) is 11.5 Å². The lowest BCUT2D eigenvalue weighted by Gasteiger charge is -2.38. The van der Waals surface area contributed by atoms with Crippen LogP contribution in [0.1, 0.15) is 80.8 Å². The number of unbranched alkanes of at least 4 members (excludes halogenated alkanes) is 3. The van der Waals surface area contributed by atoms with Crippen LogP contribution in [0.3, 0.4) is 0 Å². The molecule has 0 amide bonds. The van der Waals surface area contributed by atoms with Crippen molar-refractivity contribution in [2.75, 3.05) is 0 Å². The minimum atomic E-state index is -2.08. The molecule has 0 aliphatic carbocycles. The van der Waals surface area contributed by atoms with Crippen LogP contribution in [0.4, 0.5) is 0 Å². The predicted octanol–water partition coefficient (Wildman–Crippen LogP) is 7.69. The van der Waals surface area contributed by atoms with Crippen molar-refractivity contribution in [1.29, 1.82) is 0 Å². The molecule has 0 saturated carbocycles. The van der Waals surface area contributed by atoms with E-state index >= 15 is 0 Å². The molecule has 35 heavy (non-hydrogen) atoms. The van der Waals surface area contributed by atoms with Crippen molar-refractivity contribution in [3.8, 4) is 11.5 Å². The van der Waals surface area contributed by atoms with Crippen molar-refractivity contribution in [1.82, 2.24) is 9.97 Å². The van der Waals surface area contributed by atoms with E-state index in [-0.39, 0.29) is 22.4 Å². The summed E-state index contributed by atoms with van der Waals surface area (Å²) in [7, 11) is -2.08. The summed E-state index contributed by atoms with van der Waals surface area (Å²) in [6.45, 7) is 11.1. The molecular formula is C28H38N2O4Si. The lowest BCUT2D eigenvalue weighted by Crippen LogP contribution is -2.41.